The van der Waals surface area contributed by atoms with Crippen molar-refractivity contribution < 1.29 is 24.2 Å². The number of hydrogen-bond donors (Lipinski definition) is 1. The van der Waals surface area contributed by atoms with Gasteiger partial charge in [0.2, 0.25) is 5.91 Å². The van der Waals surface area contributed by atoms with Gasteiger partial charge in [-0.05, 0) is 53.8 Å². The highest BCUT2D eigenvalue weighted by Crippen LogP contribution is 2.41. The van der Waals surface area contributed by atoms with Crippen LogP contribution in [0.25, 0.3) is 0 Å². The van der Waals surface area contributed by atoms with Gasteiger partial charge in [0.25, 0.3) is 0 Å². The SMILES string of the molecule is CCCCN(C(=O)CN1C[C@H](c2ccc3c(c2)CCO3)C(C(=O)O)[C@@H]1Cc1ccccc1OC)c1cccnc1. The Labute approximate surface area is 235 Å². The number of hydrogen-bond acceptors (Lipinski definition) is 6. The standard InChI is InChI=1S/C32H37N3O5/c1-3-4-15-35(25-9-7-14-33-19-25)30(36)21-34-20-26(22-11-12-29-24(17-22)13-16-40-29)31(32(37)38)27(34)18-23-8-5-6-10-28(23)39-2/h5-12,14,17,19,26-27,31H,3-4,13,15-16,18,20-21H2,1-2H3,(H,37,38)/t26-,27+,31?/m1/s1. The van der Waals surface area contributed by atoms with Gasteiger partial charge in [-0.1, -0.05) is 43.7 Å². The molecule has 1 fully saturated rings. The summed E-state index contributed by atoms with van der Waals surface area (Å²) in [4.78, 5) is 34.9. The van der Waals surface area contributed by atoms with Crippen molar-refractivity contribution in [2.24, 2.45) is 5.92 Å². The number of rotatable bonds is 11. The molecule has 0 spiro atoms. The van der Waals surface area contributed by atoms with Gasteiger partial charge < -0.3 is 19.5 Å². The molecule has 1 N–H and O–H groups in total. The second kappa shape index (κ2) is 12.5. The van der Waals surface area contributed by atoms with Gasteiger partial charge in [-0.3, -0.25) is 19.5 Å². The molecule has 210 valence electrons. The van der Waals surface area contributed by atoms with Crippen LogP contribution in [0.4, 0.5) is 5.69 Å². The number of carboxylic acids is 1. The molecule has 2 aliphatic heterocycles. The lowest BCUT2D eigenvalue weighted by Crippen LogP contribution is -2.45. The summed E-state index contributed by atoms with van der Waals surface area (Å²) in [5.41, 5.74) is 3.77. The normalized spacial score (nSPS) is 20.1. The summed E-state index contributed by atoms with van der Waals surface area (Å²) in [5, 5.41) is 10.6. The van der Waals surface area contributed by atoms with Gasteiger partial charge in [-0.25, -0.2) is 0 Å². The Morgan fingerprint density at radius 1 is 1.18 bits per heavy atom. The minimum Gasteiger partial charge on any atom is -0.496 e. The molecule has 1 saturated heterocycles. The van der Waals surface area contributed by atoms with Crippen LogP contribution in [0.3, 0.4) is 0 Å². The topological polar surface area (TPSA) is 92.2 Å². The van der Waals surface area contributed by atoms with Crippen molar-refractivity contribution in [3.8, 4) is 11.5 Å². The Morgan fingerprint density at radius 3 is 2.77 bits per heavy atom. The predicted molar refractivity (Wildman–Crippen MR) is 153 cm³/mol. The molecule has 8 nitrogen and oxygen atoms in total. The Bertz CT molecular complexity index is 1330. The van der Waals surface area contributed by atoms with E-state index in [9.17, 15) is 14.7 Å². The number of carbonyl (C=O) groups excluding carboxylic acids is 1. The number of pyridine rings is 1. The Hall–Kier alpha value is -3.91. The number of ether oxygens (including phenoxy) is 2. The molecular formula is C32H37N3O5. The van der Waals surface area contributed by atoms with E-state index in [1.807, 2.05) is 48.5 Å². The van der Waals surface area contributed by atoms with Crippen LogP contribution >= 0.6 is 0 Å². The molecule has 1 aromatic heterocycles. The van der Waals surface area contributed by atoms with Gasteiger partial charge >= 0.3 is 5.97 Å². The monoisotopic (exact) mass is 543 g/mol. The molecule has 2 aromatic carbocycles. The number of fused-ring (bicyclic) bond motifs is 1. The van der Waals surface area contributed by atoms with Crippen molar-refractivity contribution in [3.63, 3.8) is 0 Å². The molecular weight excluding hydrogens is 506 g/mol. The average molecular weight is 544 g/mol. The van der Waals surface area contributed by atoms with E-state index in [4.69, 9.17) is 9.47 Å². The van der Waals surface area contributed by atoms with Crippen molar-refractivity contribution in [3.05, 3.63) is 83.7 Å². The van der Waals surface area contributed by atoms with Crippen LogP contribution in [0, 0.1) is 5.92 Å². The summed E-state index contributed by atoms with van der Waals surface area (Å²) in [5.74, 6) is -0.283. The number of benzene rings is 2. The van der Waals surface area contributed by atoms with Gasteiger partial charge in [0.05, 0.1) is 38.1 Å². The number of likely N-dealkylation sites (tertiary alicyclic amines) is 1. The van der Waals surface area contributed by atoms with Gasteiger partial charge in [0, 0.05) is 37.7 Å². The molecule has 0 saturated carbocycles. The molecule has 0 radical (unpaired) electrons. The van der Waals surface area contributed by atoms with Gasteiger partial charge in [0.1, 0.15) is 11.5 Å². The highest BCUT2D eigenvalue weighted by molar-refractivity contribution is 5.94. The first-order valence-electron chi connectivity index (χ1n) is 14.0. The number of unbranched alkanes of at least 4 members (excludes halogenated alkanes) is 1. The van der Waals surface area contributed by atoms with Crippen molar-refractivity contribution in [1.29, 1.82) is 0 Å². The molecule has 8 heteroatoms. The molecule has 2 aliphatic rings. The summed E-state index contributed by atoms with van der Waals surface area (Å²) >= 11 is 0. The van der Waals surface area contributed by atoms with E-state index in [0.717, 1.165) is 53.1 Å². The van der Waals surface area contributed by atoms with Gasteiger partial charge in [-0.2, -0.15) is 0 Å². The van der Waals surface area contributed by atoms with E-state index >= 15 is 0 Å². The third-order valence-corrected chi connectivity index (χ3v) is 8.13. The van der Waals surface area contributed by atoms with E-state index in [2.05, 4.69) is 22.9 Å². The molecule has 0 aliphatic carbocycles. The van der Waals surface area contributed by atoms with Crippen LogP contribution in [0.5, 0.6) is 11.5 Å². The fourth-order valence-corrected chi connectivity index (χ4v) is 6.10. The zero-order chi connectivity index (χ0) is 28.1. The van der Waals surface area contributed by atoms with Crippen molar-refractivity contribution in [2.75, 3.05) is 38.3 Å². The van der Waals surface area contributed by atoms with Crippen LogP contribution < -0.4 is 14.4 Å². The van der Waals surface area contributed by atoms with E-state index in [1.54, 1.807) is 24.4 Å². The maximum absolute atomic E-state index is 13.9. The zero-order valence-corrected chi connectivity index (χ0v) is 23.2. The van der Waals surface area contributed by atoms with E-state index < -0.39 is 17.9 Å². The summed E-state index contributed by atoms with van der Waals surface area (Å²) in [6.07, 6.45) is 6.50. The van der Waals surface area contributed by atoms with Gasteiger partial charge in [-0.15, -0.1) is 0 Å². The van der Waals surface area contributed by atoms with E-state index in [-0.39, 0.29) is 18.4 Å². The fourth-order valence-electron chi connectivity index (χ4n) is 6.10. The smallest absolute Gasteiger partial charge is 0.308 e. The maximum Gasteiger partial charge on any atom is 0.308 e. The van der Waals surface area contributed by atoms with Crippen LogP contribution in [0.1, 0.15) is 42.4 Å². The number of aliphatic carboxylic acids is 1. The third kappa shape index (κ3) is 5.82. The largest absolute Gasteiger partial charge is 0.496 e. The lowest BCUT2D eigenvalue weighted by Gasteiger charge is -2.30. The third-order valence-electron chi connectivity index (χ3n) is 8.13. The highest BCUT2D eigenvalue weighted by Gasteiger charge is 2.47. The second-order valence-corrected chi connectivity index (χ2v) is 10.6. The first kappa shape index (κ1) is 27.6. The molecule has 1 amide bonds. The summed E-state index contributed by atoms with van der Waals surface area (Å²) in [7, 11) is 1.62. The second-order valence-electron chi connectivity index (χ2n) is 10.6. The predicted octanol–water partition coefficient (Wildman–Crippen LogP) is 4.57. The number of nitrogens with zero attached hydrogens (tertiary/aromatic N) is 3. The number of amides is 1. The molecule has 3 heterocycles. The molecule has 40 heavy (non-hydrogen) atoms. The van der Waals surface area contributed by atoms with Crippen LogP contribution in [-0.2, 0) is 22.4 Å². The maximum atomic E-state index is 13.9. The zero-order valence-electron chi connectivity index (χ0n) is 23.2. The van der Waals surface area contributed by atoms with Crippen molar-refractivity contribution >= 4 is 17.6 Å². The Balaban J connectivity index is 1.49. The first-order chi connectivity index (χ1) is 19.5. The lowest BCUT2D eigenvalue weighted by atomic mass is 9.82. The molecule has 3 aromatic rings. The highest BCUT2D eigenvalue weighted by atomic mass is 16.5. The number of aromatic nitrogens is 1. The molecule has 5 rings (SSSR count). The number of anilines is 1. The number of para-hydroxylation sites is 1. The summed E-state index contributed by atoms with van der Waals surface area (Å²) in [6, 6.07) is 17.1. The van der Waals surface area contributed by atoms with E-state index in [1.165, 1.54) is 0 Å². The average Bonchev–Trinajstić information content (AvgIpc) is 3.58. The number of carbonyl (C=O) groups is 2. The van der Waals surface area contributed by atoms with Gasteiger partial charge in [0.15, 0.2) is 0 Å². The van der Waals surface area contributed by atoms with Crippen LogP contribution in [-0.4, -0.2) is 66.3 Å². The Morgan fingerprint density at radius 2 is 2.02 bits per heavy atom. The quantitative estimate of drug-likeness (QED) is 0.379. The van der Waals surface area contributed by atoms with Crippen LogP contribution in [0.2, 0.25) is 0 Å². The number of methoxy groups -OCH3 is 1. The van der Waals surface area contributed by atoms with Crippen molar-refractivity contribution in [2.45, 2.75) is 44.6 Å². The minimum absolute atomic E-state index is 0.0568. The number of carboxylic acid groups (broad SMARTS) is 1. The van der Waals surface area contributed by atoms with E-state index in [0.29, 0.717) is 26.1 Å². The molecule has 1 unspecified atom stereocenters. The summed E-state index contributed by atoms with van der Waals surface area (Å²) < 4.78 is 11.3. The Kier molecular flexibility index (Phi) is 8.65. The molecule has 0 bridgehead atoms. The summed E-state index contributed by atoms with van der Waals surface area (Å²) in [6.45, 7) is 3.91. The first-order valence-corrected chi connectivity index (χ1v) is 14.0. The van der Waals surface area contributed by atoms with Crippen LogP contribution in [0.15, 0.2) is 67.0 Å². The van der Waals surface area contributed by atoms with Crippen molar-refractivity contribution in [1.82, 2.24) is 9.88 Å². The lowest BCUT2D eigenvalue weighted by molar-refractivity contribution is -0.143. The molecule has 3 atom stereocenters. The fraction of sp³-hybridized carbons (Fsp3) is 0.406. The minimum atomic E-state index is -0.855.